The molecule has 2 aromatic rings. The van der Waals surface area contributed by atoms with Crippen LogP contribution in [0.1, 0.15) is 15.9 Å². The van der Waals surface area contributed by atoms with E-state index in [0.717, 1.165) is 11.3 Å². The minimum atomic E-state index is -0.0901. The van der Waals surface area contributed by atoms with Crippen LogP contribution in [0.4, 0.5) is 0 Å². The molecule has 0 saturated carbocycles. The molecule has 3 heteroatoms. The molecule has 0 saturated heterocycles. The lowest BCUT2D eigenvalue weighted by atomic mass is 10.1. The fourth-order valence-corrected chi connectivity index (χ4v) is 1.99. The zero-order chi connectivity index (χ0) is 15.8. The van der Waals surface area contributed by atoms with Gasteiger partial charge in [-0.25, -0.2) is 0 Å². The van der Waals surface area contributed by atoms with E-state index in [-0.39, 0.29) is 5.78 Å². The summed E-state index contributed by atoms with van der Waals surface area (Å²) in [4.78, 5) is 12.1. The molecule has 0 aliphatic heterocycles. The molecule has 2 rings (SSSR count). The fraction of sp³-hybridized carbons (Fsp3) is 0.105. The quantitative estimate of drug-likeness (QED) is 0.456. The van der Waals surface area contributed by atoms with Crippen LogP contribution in [0.5, 0.6) is 11.5 Å². The van der Waals surface area contributed by atoms with Gasteiger partial charge in [-0.15, -0.1) is 0 Å². The van der Waals surface area contributed by atoms with Crippen LogP contribution in [-0.4, -0.2) is 20.0 Å². The van der Waals surface area contributed by atoms with Gasteiger partial charge in [0.1, 0.15) is 11.5 Å². The molecular formula is C19H18O3. The minimum absolute atomic E-state index is 0.0901. The third-order valence-electron chi connectivity index (χ3n) is 3.11. The number of benzene rings is 2. The summed E-state index contributed by atoms with van der Waals surface area (Å²) in [6.45, 7) is 0. The SMILES string of the molecule is COc1cccc(/C=C/C=C/C(=O)c2ccccc2OC)c1. The standard InChI is InChI=1S/C19H18O3/c1-21-16-10-7-9-15(14-16)8-3-5-12-18(20)17-11-4-6-13-19(17)22-2/h3-14H,1-2H3/b8-3+,12-5+. The number of carbonyl (C=O) groups excluding carboxylic acids is 1. The van der Waals surface area contributed by atoms with E-state index in [4.69, 9.17) is 9.47 Å². The van der Waals surface area contributed by atoms with Gasteiger partial charge in [0.15, 0.2) is 5.78 Å². The third kappa shape index (κ3) is 4.09. The molecule has 0 fully saturated rings. The van der Waals surface area contributed by atoms with Gasteiger partial charge >= 0.3 is 0 Å². The molecule has 0 N–H and O–H groups in total. The molecule has 0 bridgehead atoms. The highest BCUT2D eigenvalue weighted by Crippen LogP contribution is 2.18. The van der Waals surface area contributed by atoms with Crippen molar-refractivity contribution in [3.8, 4) is 11.5 Å². The second-order valence-corrected chi connectivity index (χ2v) is 4.56. The van der Waals surface area contributed by atoms with E-state index < -0.39 is 0 Å². The second kappa shape index (κ2) is 7.84. The van der Waals surface area contributed by atoms with Gasteiger partial charge < -0.3 is 9.47 Å². The van der Waals surface area contributed by atoms with Crippen LogP contribution in [0, 0.1) is 0 Å². The first-order valence-corrected chi connectivity index (χ1v) is 6.90. The summed E-state index contributed by atoms with van der Waals surface area (Å²) in [5.41, 5.74) is 1.56. The number of allylic oxidation sites excluding steroid dienone is 3. The van der Waals surface area contributed by atoms with Gasteiger partial charge in [-0.3, -0.25) is 4.79 Å². The molecule has 0 heterocycles. The summed E-state index contributed by atoms with van der Waals surface area (Å²) in [6, 6.07) is 14.9. The van der Waals surface area contributed by atoms with Crippen molar-refractivity contribution in [2.75, 3.05) is 14.2 Å². The molecule has 22 heavy (non-hydrogen) atoms. The Kier molecular flexibility index (Phi) is 5.55. The lowest BCUT2D eigenvalue weighted by molar-refractivity contribution is 0.104. The van der Waals surface area contributed by atoms with Crippen LogP contribution >= 0.6 is 0 Å². The highest BCUT2D eigenvalue weighted by Gasteiger charge is 2.07. The van der Waals surface area contributed by atoms with Gasteiger partial charge in [0.05, 0.1) is 19.8 Å². The summed E-state index contributed by atoms with van der Waals surface area (Å²) in [6.07, 6.45) is 6.97. The molecule has 112 valence electrons. The van der Waals surface area contributed by atoms with Crippen LogP contribution in [-0.2, 0) is 0 Å². The predicted octanol–water partition coefficient (Wildman–Crippen LogP) is 4.16. The molecule has 0 aliphatic carbocycles. The van der Waals surface area contributed by atoms with E-state index in [0.29, 0.717) is 11.3 Å². The van der Waals surface area contributed by atoms with Crippen molar-refractivity contribution in [2.24, 2.45) is 0 Å². The molecule has 3 nitrogen and oxygen atoms in total. The highest BCUT2D eigenvalue weighted by molar-refractivity contribution is 6.06. The number of hydrogen-bond donors (Lipinski definition) is 0. The van der Waals surface area contributed by atoms with Crippen molar-refractivity contribution >= 4 is 11.9 Å². The summed E-state index contributed by atoms with van der Waals surface area (Å²) >= 11 is 0. The van der Waals surface area contributed by atoms with Gasteiger partial charge in [-0.05, 0) is 35.9 Å². The van der Waals surface area contributed by atoms with Gasteiger partial charge in [-0.2, -0.15) is 0 Å². The minimum Gasteiger partial charge on any atom is -0.497 e. The van der Waals surface area contributed by atoms with Crippen molar-refractivity contribution in [3.63, 3.8) is 0 Å². The number of ketones is 1. The Morgan fingerprint density at radius 1 is 0.955 bits per heavy atom. The first kappa shape index (κ1) is 15.6. The maximum atomic E-state index is 12.1. The molecule has 2 aromatic carbocycles. The van der Waals surface area contributed by atoms with E-state index in [1.165, 1.54) is 6.08 Å². The van der Waals surface area contributed by atoms with Crippen molar-refractivity contribution < 1.29 is 14.3 Å². The number of hydrogen-bond acceptors (Lipinski definition) is 3. The fourth-order valence-electron chi connectivity index (χ4n) is 1.99. The molecule has 0 spiro atoms. The average molecular weight is 294 g/mol. The van der Waals surface area contributed by atoms with Crippen LogP contribution < -0.4 is 9.47 Å². The summed E-state index contributed by atoms with van der Waals surface area (Å²) in [7, 11) is 3.19. The number of carbonyl (C=O) groups is 1. The van der Waals surface area contributed by atoms with E-state index in [1.807, 2.05) is 48.6 Å². The first-order valence-electron chi connectivity index (χ1n) is 6.90. The van der Waals surface area contributed by atoms with Crippen LogP contribution in [0.2, 0.25) is 0 Å². The number of para-hydroxylation sites is 1. The maximum Gasteiger partial charge on any atom is 0.189 e. The Labute approximate surface area is 130 Å². The number of ether oxygens (including phenoxy) is 2. The molecule has 0 unspecified atom stereocenters. The van der Waals surface area contributed by atoms with E-state index in [2.05, 4.69) is 0 Å². The van der Waals surface area contributed by atoms with Gasteiger partial charge in [-0.1, -0.05) is 42.5 Å². The smallest absolute Gasteiger partial charge is 0.189 e. The number of rotatable bonds is 6. The zero-order valence-electron chi connectivity index (χ0n) is 12.7. The maximum absolute atomic E-state index is 12.1. The van der Waals surface area contributed by atoms with Gasteiger partial charge in [0.2, 0.25) is 0 Å². The summed E-state index contributed by atoms with van der Waals surface area (Å²) < 4.78 is 10.3. The van der Waals surface area contributed by atoms with Crippen molar-refractivity contribution in [2.45, 2.75) is 0 Å². The Balaban J connectivity index is 2.05. The molecule has 0 aromatic heterocycles. The normalized spacial score (nSPS) is 11.0. The Bertz CT molecular complexity index is 699. The lowest BCUT2D eigenvalue weighted by Crippen LogP contribution is -1.98. The van der Waals surface area contributed by atoms with Crippen LogP contribution in [0.3, 0.4) is 0 Å². The van der Waals surface area contributed by atoms with Gasteiger partial charge in [0, 0.05) is 0 Å². The highest BCUT2D eigenvalue weighted by atomic mass is 16.5. The van der Waals surface area contributed by atoms with Gasteiger partial charge in [0.25, 0.3) is 0 Å². The number of methoxy groups -OCH3 is 2. The molecular weight excluding hydrogens is 276 g/mol. The van der Waals surface area contributed by atoms with Crippen molar-refractivity contribution in [1.29, 1.82) is 0 Å². The molecule has 0 amide bonds. The van der Waals surface area contributed by atoms with E-state index in [9.17, 15) is 4.79 Å². The largest absolute Gasteiger partial charge is 0.497 e. The predicted molar refractivity (Wildman–Crippen MR) is 88.5 cm³/mol. The molecule has 0 atom stereocenters. The molecule has 0 aliphatic rings. The van der Waals surface area contributed by atoms with Crippen LogP contribution in [0.15, 0.2) is 66.8 Å². The average Bonchev–Trinajstić information content (AvgIpc) is 2.58. The Morgan fingerprint density at radius 2 is 1.77 bits per heavy atom. The topological polar surface area (TPSA) is 35.5 Å². The Morgan fingerprint density at radius 3 is 2.55 bits per heavy atom. The van der Waals surface area contributed by atoms with E-state index >= 15 is 0 Å². The zero-order valence-corrected chi connectivity index (χ0v) is 12.7. The summed E-state index contributed by atoms with van der Waals surface area (Å²) in [5, 5.41) is 0. The first-order chi connectivity index (χ1) is 10.7. The van der Waals surface area contributed by atoms with Crippen molar-refractivity contribution in [1.82, 2.24) is 0 Å². The van der Waals surface area contributed by atoms with Crippen molar-refractivity contribution in [3.05, 3.63) is 77.9 Å². The molecule has 0 radical (unpaired) electrons. The lowest BCUT2D eigenvalue weighted by Gasteiger charge is -2.03. The second-order valence-electron chi connectivity index (χ2n) is 4.56. The monoisotopic (exact) mass is 294 g/mol. The van der Waals surface area contributed by atoms with Crippen LogP contribution in [0.25, 0.3) is 6.08 Å². The third-order valence-corrected chi connectivity index (χ3v) is 3.11. The Hall–Kier alpha value is -2.81. The van der Waals surface area contributed by atoms with E-state index in [1.54, 1.807) is 32.4 Å². The summed E-state index contributed by atoms with van der Waals surface area (Å²) in [5.74, 6) is 1.29.